The van der Waals surface area contributed by atoms with Crippen molar-refractivity contribution in [2.24, 2.45) is 0 Å². The fourth-order valence-corrected chi connectivity index (χ4v) is 3.17. The monoisotopic (exact) mass is 240 g/mol. The van der Waals surface area contributed by atoms with Gasteiger partial charge in [0, 0.05) is 24.1 Å². The number of rotatable bonds is 2. The number of thioether (sulfide) groups is 1. The van der Waals surface area contributed by atoms with Crippen molar-refractivity contribution in [3.05, 3.63) is 24.0 Å². The molecule has 4 heteroatoms. The molecule has 1 heterocycles. The minimum atomic E-state index is -0.316. The summed E-state index contributed by atoms with van der Waals surface area (Å²) >= 11 is 2.00. The van der Waals surface area contributed by atoms with Crippen molar-refractivity contribution in [2.45, 2.75) is 18.6 Å². The third-order valence-electron chi connectivity index (χ3n) is 2.96. The molecule has 1 aromatic rings. The maximum atomic E-state index is 13.4. The second-order valence-corrected chi connectivity index (χ2v) is 5.43. The second-order valence-electron chi connectivity index (χ2n) is 4.02. The van der Waals surface area contributed by atoms with E-state index in [0.717, 1.165) is 31.0 Å². The van der Waals surface area contributed by atoms with Gasteiger partial charge in [0.15, 0.2) is 0 Å². The lowest BCUT2D eigenvalue weighted by molar-refractivity contribution is 0.630. The van der Waals surface area contributed by atoms with Crippen LogP contribution in [0.25, 0.3) is 0 Å². The fraction of sp³-hybridized carbons (Fsp3) is 0.500. The summed E-state index contributed by atoms with van der Waals surface area (Å²) in [7, 11) is 0. The molecule has 1 aromatic carbocycles. The molecule has 0 aromatic heterocycles. The van der Waals surface area contributed by atoms with Gasteiger partial charge in [-0.15, -0.1) is 0 Å². The average molecular weight is 240 g/mol. The van der Waals surface area contributed by atoms with E-state index in [1.165, 1.54) is 6.07 Å². The van der Waals surface area contributed by atoms with Crippen molar-refractivity contribution in [1.82, 2.24) is 0 Å². The molecule has 0 aliphatic carbocycles. The Kier molecular flexibility index (Phi) is 3.59. The molecule has 1 atom stereocenters. The summed E-state index contributed by atoms with van der Waals surface area (Å²) < 4.78 is 13.4. The largest absolute Gasteiger partial charge is 0.395 e. The van der Waals surface area contributed by atoms with Crippen LogP contribution in [0.2, 0.25) is 0 Å². The van der Waals surface area contributed by atoms with Crippen LogP contribution in [-0.4, -0.2) is 24.1 Å². The Labute approximate surface area is 100 Å². The summed E-state index contributed by atoms with van der Waals surface area (Å²) in [6.45, 7) is 4.11. The highest BCUT2D eigenvalue weighted by molar-refractivity contribution is 8.00. The average Bonchev–Trinajstić information content (AvgIpc) is 2.33. The van der Waals surface area contributed by atoms with Gasteiger partial charge in [-0.25, -0.2) is 4.39 Å². The van der Waals surface area contributed by atoms with Crippen molar-refractivity contribution < 1.29 is 4.39 Å². The lowest BCUT2D eigenvalue weighted by Crippen LogP contribution is -2.38. The smallest absolute Gasteiger partial charge is 0.148 e. The molecule has 2 nitrogen and oxygen atoms in total. The Morgan fingerprint density at radius 1 is 1.56 bits per heavy atom. The van der Waals surface area contributed by atoms with Gasteiger partial charge in [0.1, 0.15) is 5.82 Å². The van der Waals surface area contributed by atoms with E-state index >= 15 is 0 Å². The number of anilines is 2. The van der Waals surface area contributed by atoms with Gasteiger partial charge in [-0.3, -0.25) is 0 Å². The van der Waals surface area contributed by atoms with Gasteiger partial charge in [-0.1, -0.05) is 13.0 Å². The number of hydrogen-bond donors (Lipinski definition) is 1. The van der Waals surface area contributed by atoms with E-state index in [-0.39, 0.29) is 11.5 Å². The lowest BCUT2D eigenvalue weighted by Gasteiger charge is -2.34. The van der Waals surface area contributed by atoms with E-state index < -0.39 is 0 Å². The Morgan fingerprint density at radius 2 is 2.38 bits per heavy atom. The molecule has 0 bridgehead atoms. The molecule has 0 spiro atoms. The number of benzene rings is 1. The highest BCUT2D eigenvalue weighted by atomic mass is 32.2. The Morgan fingerprint density at radius 3 is 3.12 bits per heavy atom. The molecular weight excluding hydrogens is 223 g/mol. The van der Waals surface area contributed by atoms with Crippen LogP contribution in [0.5, 0.6) is 0 Å². The number of hydrogen-bond acceptors (Lipinski definition) is 3. The molecule has 1 aliphatic heterocycles. The van der Waals surface area contributed by atoms with Crippen molar-refractivity contribution >= 4 is 23.1 Å². The van der Waals surface area contributed by atoms with E-state index in [1.807, 2.05) is 17.8 Å². The van der Waals surface area contributed by atoms with E-state index in [4.69, 9.17) is 5.73 Å². The highest BCUT2D eigenvalue weighted by Gasteiger charge is 2.21. The number of nitrogen functional groups attached to an aromatic ring is 1. The zero-order chi connectivity index (χ0) is 11.5. The molecule has 2 rings (SSSR count). The third-order valence-corrected chi connectivity index (χ3v) is 4.34. The Bertz CT molecular complexity index is 370. The molecular formula is C12H17FN2S. The first-order valence-corrected chi connectivity index (χ1v) is 6.67. The minimum absolute atomic E-state index is 0.282. The number of para-hydroxylation sites is 1. The molecule has 0 saturated carbocycles. The zero-order valence-corrected chi connectivity index (χ0v) is 10.3. The van der Waals surface area contributed by atoms with E-state index in [1.54, 1.807) is 6.07 Å². The first-order chi connectivity index (χ1) is 7.72. The first kappa shape index (κ1) is 11.6. The SMILES string of the molecule is CCC1CN(c2cccc(F)c2N)CCS1. The molecule has 1 saturated heterocycles. The van der Waals surface area contributed by atoms with E-state index in [9.17, 15) is 4.39 Å². The number of nitrogens with two attached hydrogens (primary N) is 1. The van der Waals surface area contributed by atoms with Crippen LogP contribution >= 0.6 is 11.8 Å². The van der Waals surface area contributed by atoms with E-state index in [0.29, 0.717) is 5.25 Å². The molecule has 2 N–H and O–H groups in total. The van der Waals surface area contributed by atoms with Crippen LogP contribution < -0.4 is 10.6 Å². The van der Waals surface area contributed by atoms with Gasteiger partial charge in [0.2, 0.25) is 0 Å². The molecule has 16 heavy (non-hydrogen) atoms. The van der Waals surface area contributed by atoms with Crippen molar-refractivity contribution in [1.29, 1.82) is 0 Å². The lowest BCUT2D eigenvalue weighted by atomic mass is 10.2. The standard InChI is InChI=1S/C12H17FN2S/c1-2-9-8-15(6-7-16-9)11-5-3-4-10(13)12(11)14/h3-5,9H,2,6-8,14H2,1H3. The van der Waals surface area contributed by atoms with Gasteiger partial charge in [0.25, 0.3) is 0 Å². The van der Waals surface area contributed by atoms with Gasteiger partial charge >= 0.3 is 0 Å². The summed E-state index contributed by atoms with van der Waals surface area (Å²) in [6.07, 6.45) is 1.15. The second kappa shape index (κ2) is 4.95. The normalized spacial score (nSPS) is 21.1. The van der Waals surface area contributed by atoms with Crippen LogP contribution in [0.15, 0.2) is 18.2 Å². The molecule has 1 aliphatic rings. The first-order valence-electron chi connectivity index (χ1n) is 5.63. The summed E-state index contributed by atoms with van der Waals surface area (Å²) in [4.78, 5) is 2.20. The van der Waals surface area contributed by atoms with Crippen LogP contribution in [0.3, 0.4) is 0 Å². The fourth-order valence-electron chi connectivity index (χ4n) is 1.99. The summed E-state index contributed by atoms with van der Waals surface area (Å²) in [6, 6.07) is 5.04. The predicted molar refractivity (Wildman–Crippen MR) is 69.6 cm³/mol. The predicted octanol–water partition coefficient (Wildman–Crippen LogP) is 2.74. The maximum absolute atomic E-state index is 13.4. The summed E-state index contributed by atoms with van der Waals surface area (Å²) in [5.74, 6) is 0.776. The van der Waals surface area contributed by atoms with Crippen molar-refractivity contribution in [3.8, 4) is 0 Å². The molecule has 1 fully saturated rings. The van der Waals surface area contributed by atoms with Gasteiger partial charge in [0.05, 0.1) is 11.4 Å². The number of nitrogens with zero attached hydrogens (tertiary/aromatic N) is 1. The van der Waals surface area contributed by atoms with Crippen LogP contribution in [0.1, 0.15) is 13.3 Å². The summed E-state index contributed by atoms with van der Waals surface area (Å²) in [5, 5.41) is 0.636. The molecule has 0 radical (unpaired) electrons. The third kappa shape index (κ3) is 2.26. The summed E-state index contributed by atoms with van der Waals surface area (Å²) in [5.41, 5.74) is 6.90. The van der Waals surface area contributed by atoms with Crippen LogP contribution in [-0.2, 0) is 0 Å². The van der Waals surface area contributed by atoms with Crippen molar-refractivity contribution in [2.75, 3.05) is 29.5 Å². The van der Waals surface area contributed by atoms with E-state index in [2.05, 4.69) is 11.8 Å². The van der Waals surface area contributed by atoms with Gasteiger partial charge < -0.3 is 10.6 Å². The quantitative estimate of drug-likeness (QED) is 0.806. The minimum Gasteiger partial charge on any atom is -0.395 e. The highest BCUT2D eigenvalue weighted by Crippen LogP contribution is 2.30. The number of halogens is 1. The molecule has 1 unspecified atom stereocenters. The molecule has 88 valence electrons. The molecule has 0 amide bonds. The zero-order valence-electron chi connectivity index (χ0n) is 9.45. The van der Waals surface area contributed by atoms with Gasteiger partial charge in [-0.05, 0) is 18.6 Å². The van der Waals surface area contributed by atoms with Crippen molar-refractivity contribution in [3.63, 3.8) is 0 Å². The maximum Gasteiger partial charge on any atom is 0.148 e. The van der Waals surface area contributed by atoms with Crippen LogP contribution in [0.4, 0.5) is 15.8 Å². The van der Waals surface area contributed by atoms with Gasteiger partial charge in [-0.2, -0.15) is 11.8 Å². The van der Waals surface area contributed by atoms with Crippen LogP contribution in [0, 0.1) is 5.82 Å². The Balaban J connectivity index is 2.20. The topological polar surface area (TPSA) is 29.3 Å². The Hall–Kier alpha value is -0.900.